The van der Waals surface area contributed by atoms with E-state index in [1.54, 1.807) is 0 Å². The predicted molar refractivity (Wildman–Crippen MR) is 49.1 cm³/mol. The van der Waals surface area contributed by atoms with Gasteiger partial charge in [-0.15, -0.1) is 0 Å². The van der Waals surface area contributed by atoms with Crippen molar-refractivity contribution in [2.24, 2.45) is 0 Å². The lowest BCUT2D eigenvalue weighted by atomic mass is 9.77. The van der Waals surface area contributed by atoms with E-state index in [-0.39, 0.29) is 6.10 Å². The first kappa shape index (κ1) is 8.28. The van der Waals surface area contributed by atoms with Gasteiger partial charge in [0.15, 0.2) is 0 Å². The van der Waals surface area contributed by atoms with Crippen molar-refractivity contribution in [1.29, 1.82) is 5.26 Å². The van der Waals surface area contributed by atoms with E-state index in [0.717, 1.165) is 12.8 Å². The van der Waals surface area contributed by atoms with Gasteiger partial charge in [-0.05, 0) is 36.5 Å². The minimum absolute atomic E-state index is 0.111. The van der Waals surface area contributed by atoms with Gasteiger partial charge in [0.2, 0.25) is 0 Å². The number of nitrogens with zero attached hydrogens (tertiary/aromatic N) is 1. The first-order chi connectivity index (χ1) is 6.29. The van der Waals surface area contributed by atoms with Gasteiger partial charge in [0.25, 0.3) is 0 Å². The highest BCUT2D eigenvalue weighted by molar-refractivity contribution is 5.33. The molecule has 1 aliphatic carbocycles. The molecule has 1 aliphatic rings. The fourth-order valence-corrected chi connectivity index (χ4v) is 1.69. The molecule has 66 valence electrons. The minimum Gasteiger partial charge on any atom is -0.393 e. The summed E-state index contributed by atoms with van der Waals surface area (Å²) in [5.41, 5.74) is 1.94. The maximum absolute atomic E-state index is 9.13. The summed E-state index contributed by atoms with van der Waals surface area (Å²) < 4.78 is 0. The summed E-state index contributed by atoms with van der Waals surface area (Å²) in [6, 6.07) is 9.72. The molecule has 1 N–H and O–H groups in total. The summed E-state index contributed by atoms with van der Waals surface area (Å²) in [7, 11) is 0. The molecule has 0 radical (unpaired) electrons. The minimum atomic E-state index is -0.111. The summed E-state index contributed by atoms with van der Waals surface area (Å²) >= 11 is 0. The number of hydrogen-bond donors (Lipinski definition) is 1. The van der Waals surface area contributed by atoms with Gasteiger partial charge in [-0.2, -0.15) is 5.26 Å². The highest BCUT2D eigenvalue weighted by Gasteiger charge is 2.28. The molecule has 0 aliphatic heterocycles. The second-order valence-corrected chi connectivity index (χ2v) is 3.56. The van der Waals surface area contributed by atoms with Crippen LogP contribution in [0, 0.1) is 11.3 Å². The highest BCUT2D eigenvalue weighted by atomic mass is 16.3. The summed E-state index contributed by atoms with van der Waals surface area (Å²) in [6.07, 6.45) is 1.62. The van der Waals surface area contributed by atoms with E-state index in [1.165, 1.54) is 5.56 Å². The van der Waals surface area contributed by atoms with E-state index in [1.807, 2.05) is 24.3 Å². The Bertz CT molecular complexity index is 330. The van der Waals surface area contributed by atoms with Crippen LogP contribution in [-0.4, -0.2) is 11.2 Å². The molecule has 1 saturated carbocycles. The lowest BCUT2D eigenvalue weighted by Crippen LogP contribution is -2.26. The van der Waals surface area contributed by atoms with E-state index in [2.05, 4.69) is 6.07 Å². The monoisotopic (exact) mass is 173 g/mol. The number of rotatable bonds is 1. The molecule has 0 unspecified atom stereocenters. The molecule has 1 fully saturated rings. The van der Waals surface area contributed by atoms with Crippen LogP contribution < -0.4 is 0 Å². The third-order valence-electron chi connectivity index (χ3n) is 2.62. The van der Waals surface area contributed by atoms with Gasteiger partial charge in [-0.1, -0.05) is 12.1 Å². The smallest absolute Gasteiger partial charge is 0.0991 e. The van der Waals surface area contributed by atoms with Crippen LogP contribution >= 0.6 is 0 Å². The third kappa shape index (κ3) is 1.56. The number of aliphatic hydroxyl groups is 1. The average Bonchev–Trinajstić information content (AvgIpc) is 2.13. The van der Waals surface area contributed by atoms with Gasteiger partial charge in [0.05, 0.1) is 17.7 Å². The van der Waals surface area contributed by atoms with Crippen molar-refractivity contribution in [3.63, 3.8) is 0 Å². The lowest BCUT2D eigenvalue weighted by Gasteiger charge is -2.31. The van der Waals surface area contributed by atoms with Crippen molar-refractivity contribution in [3.05, 3.63) is 35.4 Å². The molecule has 0 bridgehead atoms. The quantitative estimate of drug-likeness (QED) is 0.703. The molecule has 0 atom stereocenters. The molecule has 0 aromatic heterocycles. The molecule has 0 spiro atoms. The first-order valence-corrected chi connectivity index (χ1v) is 4.47. The van der Waals surface area contributed by atoms with Crippen LogP contribution in [0.5, 0.6) is 0 Å². The van der Waals surface area contributed by atoms with E-state index in [0.29, 0.717) is 11.5 Å². The molecule has 2 nitrogen and oxygen atoms in total. The van der Waals surface area contributed by atoms with Crippen molar-refractivity contribution < 1.29 is 5.11 Å². The zero-order chi connectivity index (χ0) is 9.26. The van der Waals surface area contributed by atoms with Crippen LogP contribution in [0.25, 0.3) is 0 Å². The van der Waals surface area contributed by atoms with E-state index in [4.69, 9.17) is 10.4 Å². The summed E-state index contributed by atoms with van der Waals surface area (Å²) in [4.78, 5) is 0. The number of nitriles is 1. The molecule has 13 heavy (non-hydrogen) atoms. The van der Waals surface area contributed by atoms with Crippen LogP contribution in [-0.2, 0) is 0 Å². The third-order valence-corrected chi connectivity index (χ3v) is 2.62. The van der Waals surface area contributed by atoms with Crippen molar-refractivity contribution in [1.82, 2.24) is 0 Å². The number of benzene rings is 1. The molecule has 0 heterocycles. The van der Waals surface area contributed by atoms with Gasteiger partial charge >= 0.3 is 0 Å². The maximum atomic E-state index is 9.13. The van der Waals surface area contributed by atoms with Crippen molar-refractivity contribution in [2.75, 3.05) is 0 Å². The SMILES string of the molecule is N#Cc1ccc(C2CC(O)C2)cc1. The Morgan fingerprint density at radius 2 is 1.85 bits per heavy atom. The molecule has 1 aromatic carbocycles. The molecule has 1 aromatic rings. The fraction of sp³-hybridized carbons (Fsp3) is 0.364. The van der Waals surface area contributed by atoms with Gasteiger partial charge in [-0.3, -0.25) is 0 Å². The summed E-state index contributed by atoms with van der Waals surface area (Å²) in [5.74, 6) is 0.503. The molecule has 2 rings (SSSR count). The number of aliphatic hydroxyl groups excluding tert-OH is 1. The highest BCUT2D eigenvalue weighted by Crippen LogP contribution is 2.36. The first-order valence-electron chi connectivity index (χ1n) is 4.47. The molecular formula is C11H11NO. The average molecular weight is 173 g/mol. The van der Waals surface area contributed by atoms with Crippen LogP contribution in [0.15, 0.2) is 24.3 Å². The standard InChI is InChI=1S/C11H11NO/c12-7-8-1-3-9(4-2-8)10-5-11(13)6-10/h1-4,10-11,13H,5-6H2. The normalized spacial score (nSPS) is 26.2. The molecular weight excluding hydrogens is 162 g/mol. The summed E-state index contributed by atoms with van der Waals surface area (Å²) in [6.45, 7) is 0. The Morgan fingerprint density at radius 3 is 2.31 bits per heavy atom. The van der Waals surface area contributed by atoms with E-state index < -0.39 is 0 Å². The molecule has 0 saturated heterocycles. The van der Waals surface area contributed by atoms with Crippen molar-refractivity contribution in [3.8, 4) is 6.07 Å². The summed E-state index contributed by atoms with van der Waals surface area (Å²) in [5, 5.41) is 17.7. The topological polar surface area (TPSA) is 44.0 Å². The molecule has 0 amide bonds. The predicted octanol–water partition coefficient (Wildman–Crippen LogP) is 1.80. The van der Waals surface area contributed by atoms with Crippen LogP contribution in [0.1, 0.15) is 29.9 Å². The maximum Gasteiger partial charge on any atom is 0.0991 e. The van der Waals surface area contributed by atoms with Crippen LogP contribution in [0.4, 0.5) is 0 Å². The second-order valence-electron chi connectivity index (χ2n) is 3.56. The van der Waals surface area contributed by atoms with Crippen molar-refractivity contribution >= 4 is 0 Å². The largest absolute Gasteiger partial charge is 0.393 e. The Balaban J connectivity index is 2.11. The van der Waals surface area contributed by atoms with Gasteiger partial charge < -0.3 is 5.11 Å². The Labute approximate surface area is 77.4 Å². The van der Waals surface area contributed by atoms with E-state index >= 15 is 0 Å². The van der Waals surface area contributed by atoms with E-state index in [9.17, 15) is 0 Å². The Morgan fingerprint density at radius 1 is 1.23 bits per heavy atom. The Hall–Kier alpha value is -1.33. The zero-order valence-electron chi connectivity index (χ0n) is 7.27. The number of hydrogen-bond acceptors (Lipinski definition) is 2. The fourth-order valence-electron chi connectivity index (χ4n) is 1.69. The zero-order valence-corrected chi connectivity index (χ0v) is 7.27. The molecule has 2 heteroatoms. The van der Waals surface area contributed by atoms with Gasteiger partial charge in [-0.25, -0.2) is 0 Å². The van der Waals surface area contributed by atoms with Gasteiger partial charge in [0, 0.05) is 0 Å². The van der Waals surface area contributed by atoms with Gasteiger partial charge in [0.1, 0.15) is 0 Å². The second kappa shape index (κ2) is 3.20. The van der Waals surface area contributed by atoms with Crippen LogP contribution in [0.3, 0.4) is 0 Å². The lowest BCUT2D eigenvalue weighted by molar-refractivity contribution is 0.0746. The Kier molecular flexibility index (Phi) is 2.03. The van der Waals surface area contributed by atoms with Crippen molar-refractivity contribution in [2.45, 2.75) is 24.9 Å². The van der Waals surface area contributed by atoms with Crippen LogP contribution in [0.2, 0.25) is 0 Å².